The first-order valence-corrected chi connectivity index (χ1v) is 8.04. The van der Waals surface area contributed by atoms with Crippen molar-refractivity contribution in [3.05, 3.63) is 0 Å². The van der Waals surface area contributed by atoms with Gasteiger partial charge in [-0.3, -0.25) is 0 Å². The van der Waals surface area contributed by atoms with E-state index in [9.17, 15) is 5.11 Å². The van der Waals surface area contributed by atoms with Crippen molar-refractivity contribution < 1.29 is 9.84 Å². The van der Waals surface area contributed by atoms with Gasteiger partial charge in [0.25, 0.3) is 0 Å². The van der Waals surface area contributed by atoms with Gasteiger partial charge in [-0.05, 0) is 70.0 Å². The Morgan fingerprint density at radius 1 is 1.11 bits per heavy atom. The lowest BCUT2D eigenvalue weighted by atomic mass is 9.91. The molecule has 0 spiro atoms. The van der Waals surface area contributed by atoms with Gasteiger partial charge < -0.3 is 20.5 Å². The lowest BCUT2D eigenvalue weighted by molar-refractivity contribution is -0.0155. The summed E-state index contributed by atoms with van der Waals surface area (Å²) in [5.74, 6) is 1.37. The third-order valence-electron chi connectivity index (χ3n) is 4.53. The molecule has 3 N–H and O–H groups in total. The van der Waals surface area contributed by atoms with Gasteiger partial charge in [0.1, 0.15) is 0 Å². The number of rotatable bonds is 7. The van der Waals surface area contributed by atoms with Crippen LogP contribution in [0.25, 0.3) is 0 Å². The average molecular weight is 270 g/mol. The minimum atomic E-state index is 0.242. The smallest absolute Gasteiger partial charge is 0.0637 e. The summed E-state index contributed by atoms with van der Waals surface area (Å²) < 4.78 is 6.10. The number of aliphatic hydroxyl groups is 1. The molecule has 0 amide bonds. The highest BCUT2D eigenvalue weighted by molar-refractivity contribution is 4.77. The van der Waals surface area contributed by atoms with E-state index in [1.807, 2.05) is 0 Å². The molecule has 2 aliphatic rings. The number of ether oxygens (including phenoxy) is 1. The maximum atomic E-state index is 9.20. The SMILES string of the molecule is OCCC(OCCC1CCCNC1)C1CCCNC1. The summed E-state index contributed by atoms with van der Waals surface area (Å²) in [6.07, 6.45) is 7.31. The zero-order valence-electron chi connectivity index (χ0n) is 12.1. The summed E-state index contributed by atoms with van der Waals surface area (Å²) in [6, 6.07) is 0. The normalized spacial score (nSPS) is 30.2. The molecule has 0 aromatic heterocycles. The second kappa shape index (κ2) is 8.90. The lowest BCUT2D eigenvalue weighted by Gasteiger charge is -2.31. The van der Waals surface area contributed by atoms with Crippen molar-refractivity contribution in [2.75, 3.05) is 39.4 Å². The Morgan fingerprint density at radius 2 is 1.89 bits per heavy atom. The molecule has 2 rings (SSSR count). The molecule has 2 aliphatic heterocycles. The predicted molar refractivity (Wildman–Crippen MR) is 77.2 cm³/mol. The van der Waals surface area contributed by atoms with Crippen LogP contribution in [0.3, 0.4) is 0 Å². The molecule has 2 heterocycles. The molecule has 4 nitrogen and oxygen atoms in total. The minimum Gasteiger partial charge on any atom is -0.396 e. The highest BCUT2D eigenvalue weighted by Crippen LogP contribution is 2.21. The molecule has 0 aromatic rings. The van der Waals surface area contributed by atoms with Crippen LogP contribution < -0.4 is 10.6 Å². The molecular weight excluding hydrogens is 240 g/mol. The van der Waals surface area contributed by atoms with Crippen molar-refractivity contribution in [2.24, 2.45) is 11.8 Å². The Balaban J connectivity index is 1.66. The second-order valence-electron chi connectivity index (χ2n) is 6.03. The Kier molecular flexibility index (Phi) is 7.14. The van der Waals surface area contributed by atoms with E-state index in [0.717, 1.165) is 45.0 Å². The first-order chi connectivity index (χ1) is 9.40. The molecule has 2 saturated heterocycles. The largest absolute Gasteiger partial charge is 0.396 e. The maximum Gasteiger partial charge on any atom is 0.0637 e. The van der Waals surface area contributed by atoms with E-state index in [4.69, 9.17) is 4.74 Å². The number of nitrogens with one attached hydrogen (secondary N) is 2. The van der Waals surface area contributed by atoms with Crippen molar-refractivity contribution in [3.63, 3.8) is 0 Å². The van der Waals surface area contributed by atoms with Crippen molar-refractivity contribution in [3.8, 4) is 0 Å². The topological polar surface area (TPSA) is 53.5 Å². The van der Waals surface area contributed by atoms with Crippen molar-refractivity contribution in [1.82, 2.24) is 10.6 Å². The number of hydrogen-bond donors (Lipinski definition) is 3. The Hall–Kier alpha value is -0.160. The van der Waals surface area contributed by atoms with Gasteiger partial charge in [0.15, 0.2) is 0 Å². The van der Waals surface area contributed by atoms with Gasteiger partial charge in [-0.15, -0.1) is 0 Å². The van der Waals surface area contributed by atoms with Crippen LogP contribution in [-0.4, -0.2) is 50.6 Å². The molecule has 0 aliphatic carbocycles. The van der Waals surface area contributed by atoms with Crippen molar-refractivity contribution in [2.45, 2.75) is 44.6 Å². The highest BCUT2D eigenvalue weighted by Gasteiger charge is 2.24. The van der Waals surface area contributed by atoms with Crippen molar-refractivity contribution in [1.29, 1.82) is 0 Å². The van der Waals surface area contributed by atoms with Gasteiger partial charge in [0.05, 0.1) is 6.10 Å². The molecule has 0 radical (unpaired) electrons. The second-order valence-corrected chi connectivity index (χ2v) is 6.03. The fraction of sp³-hybridized carbons (Fsp3) is 1.00. The number of aliphatic hydroxyl groups excluding tert-OH is 1. The van der Waals surface area contributed by atoms with E-state index < -0.39 is 0 Å². The molecule has 3 atom stereocenters. The van der Waals surface area contributed by atoms with Crippen LogP contribution >= 0.6 is 0 Å². The van der Waals surface area contributed by atoms with Gasteiger partial charge >= 0.3 is 0 Å². The van der Waals surface area contributed by atoms with Crippen LogP contribution in [0.1, 0.15) is 38.5 Å². The Morgan fingerprint density at radius 3 is 2.53 bits per heavy atom. The van der Waals surface area contributed by atoms with Gasteiger partial charge in [-0.1, -0.05) is 0 Å². The van der Waals surface area contributed by atoms with Crippen LogP contribution in [0, 0.1) is 11.8 Å². The Labute approximate surface area is 117 Å². The Bertz CT molecular complexity index is 226. The first kappa shape index (κ1) is 15.2. The third kappa shape index (κ3) is 5.38. The van der Waals surface area contributed by atoms with E-state index >= 15 is 0 Å². The predicted octanol–water partition coefficient (Wildman–Crippen LogP) is 1.14. The van der Waals surface area contributed by atoms with E-state index in [0.29, 0.717) is 5.92 Å². The van der Waals surface area contributed by atoms with Crippen molar-refractivity contribution >= 4 is 0 Å². The van der Waals surface area contributed by atoms with Gasteiger partial charge in [-0.25, -0.2) is 0 Å². The van der Waals surface area contributed by atoms with Crippen LogP contribution in [0.4, 0.5) is 0 Å². The van der Waals surface area contributed by atoms with Gasteiger partial charge in [0.2, 0.25) is 0 Å². The van der Waals surface area contributed by atoms with E-state index in [1.54, 1.807) is 0 Å². The number of piperidine rings is 2. The summed E-state index contributed by atoms with van der Waals surface area (Å²) in [7, 11) is 0. The summed E-state index contributed by atoms with van der Waals surface area (Å²) >= 11 is 0. The number of hydrogen-bond acceptors (Lipinski definition) is 4. The molecule has 0 bridgehead atoms. The fourth-order valence-corrected chi connectivity index (χ4v) is 3.33. The summed E-state index contributed by atoms with van der Waals surface area (Å²) in [6.45, 7) is 5.61. The minimum absolute atomic E-state index is 0.242. The molecule has 19 heavy (non-hydrogen) atoms. The summed E-state index contributed by atoms with van der Waals surface area (Å²) in [5, 5.41) is 16.1. The summed E-state index contributed by atoms with van der Waals surface area (Å²) in [4.78, 5) is 0. The molecule has 112 valence electrons. The standard InChI is InChI=1S/C15H30N2O2/c18-9-5-15(14-4-2-8-17-12-14)19-10-6-13-3-1-7-16-11-13/h13-18H,1-12H2. The fourth-order valence-electron chi connectivity index (χ4n) is 3.33. The van der Waals surface area contributed by atoms with Crippen LogP contribution in [0.15, 0.2) is 0 Å². The zero-order valence-corrected chi connectivity index (χ0v) is 12.1. The lowest BCUT2D eigenvalue weighted by Crippen LogP contribution is -2.39. The molecule has 0 aromatic carbocycles. The quantitative estimate of drug-likeness (QED) is 0.649. The molecule has 3 unspecified atom stereocenters. The third-order valence-corrected chi connectivity index (χ3v) is 4.53. The van der Waals surface area contributed by atoms with E-state index in [-0.39, 0.29) is 12.7 Å². The molecule has 0 saturated carbocycles. The monoisotopic (exact) mass is 270 g/mol. The highest BCUT2D eigenvalue weighted by atomic mass is 16.5. The average Bonchev–Trinajstić information content (AvgIpc) is 2.48. The van der Waals surface area contributed by atoms with Crippen LogP contribution in [-0.2, 0) is 4.74 Å². The maximum absolute atomic E-state index is 9.20. The van der Waals surface area contributed by atoms with Gasteiger partial charge in [0, 0.05) is 19.8 Å². The molecule has 4 heteroatoms. The van der Waals surface area contributed by atoms with Crippen LogP contribution in [0.2, 0.25) is 0 Å². The molecule has 2 fully saturated rings. The van der Waals surface area contributed by atoms with Gasteiger partial charge in [-0.2, -0.15) is 0 Å². The van der Waals surface area contributed by atoms with E-state index in [2.05, 4.69) is 10.6 Å². The zero-order chi connectivity index (χ0) is 13.3. The van der Waals surface area contributed by atoms with E-state index in [1.165, 1.54) is 32.2 Å². The van der Waals surface area contributed by atoms with Crippen LogP contribution in [0.5, 0.6) is 0 Å². The summed E-state index contributed by atoms with van der Waals surface area (Å²) in [5.41, 5.74) is 0. The molecular formula is C15H30N2O2. The first-order valence-electron chi connectivity index (χ1n) is 8.04.